The molecule has 3 nitrogen and oxygen atoms in total. The zero-order chi connectivity index (χ0) is 15.5. The highest BCUT2D eigenvalue weighted by Crippen LogP contribution is 2.28. The van der Waals surface area contributed by atoms with Crippen molar-refractivity contribution >= 4 is 0 Å². The molecular formula is C20H22O3. The van der Waals surface area contributed by atoms with E-state index < -0.39 is 0 Å². The summed E-state index contributed by atoms with van der Waals surface area (Å²) in [5, 5.41) is 0. The summed E-state index contributed by atoms with van der Waals surface area (Å²) in [6.45, 7) is 1.61. The number of hydrogen-bond acceptors (Lipinski definition) is 3. The quantitative estimate of drug-likeness (QED) is 0.703. The Hall–Kier alpha value is -1.68. The highest BCUT2D eigenvalue weighted by molar-refractivity contribution is 5.18. The molecule has 0 aliphatic carbocycles. The van der Waals surface area contributed by atoms with Gasteiger partial charge in [0.2, 0.25) is 0 Å². The summed E-state index contributed by atoms with van der Waals surface area (Å²) in [5.41, 5.74) is 2.59. The number of hydrogen-bond donors (Lipinski definition) is 0. The summed E-state index contributed by atoms with van der Waals surface area (Å²) in [7, 11) is 0. The number of rotatable bonds is 8. The summed E-state index contributed by atoms with van der Waals surface area (Å²) in [6.07, 6.45) is 2.46. The molecule has 2 heterocycles. The van der Waals surface area contributed by atoms with Gasteiger partial charge >= 0.3 is 0 Å². The maximum absolute atomic E-state index is 6.46. The number of benzene rings is 2. The van der Waals surface area contributed by atoms with Crippen molar-refractivity contribution in [3.63, 3.8) is 0 Å². The van der Waals surface area contributed by atoms with Gasteiger partial charge in [-0.2, -0.15) is 0 Å². The summed E-state index contributed by atoms with van der Waals surface area (Å²) >= 11 is 0. The monoisotopic (exact) mass is 310 g/mol. The molecule has 0 spiro atoms. The number of epoxide rings is 2. The largest absolute Gasteiger partial charge is 0.370 e. The Labute approximate surface area is 137 Å². The van der Waals surface area contributed by atoms with Crippen LogP contribution in [0.25, 0.3) is 0 Å². The fourth-order valence-corrected chi connectivity index (χ4v) is 2.99. The first-order valence-electron chi connectivity index (χ1n) is 8.35. The van der Waals surface area contributed by atoms with Gasteiger partial charge < -0.3 is 14.2 Å². The first-order valence-corrected chi connectivity index (χ1v) is 8.35. The fraction of sp³-hybridized carbons (Fsp3) is 0.400. The van der Waals surface area contributed by atoms with E-state index in [1.165, 1.54) is 11.1 Å². The Morgan fingerprint density at radius 2 is 1.13 bits per heavy atom. The Morgan fingerprint density at radius 3 is 1.48 bits per heavy atom. The smallest absolute Gasteiger partial charge is 0.107 e. The molecule has 3 heteroatoms. The molecule has 0 amide bonds. The average molecular weight is 310 g/mol. The summed E-state index contributed by atoms with van der Waals surface area (Å²) < 4.78 is 17.5. The van der Waals surface area contributed by atoms with Gasteiger partial charge in [0.25, 0.3) is 0 Å². The van der Waals surface area contributed by atoms with Gasteiger partial charge in [-0.15, -0.1) is 0 Å². The van der Waals surface area contributed by atoms with Crippen molar-refractivity contribution in [3.8, 4) is 0 Å². The van der Waals surface area contributed by atoms with Gasteiger partial charge in [-0.1, -0.05) is 60.7 Å². The molecule has 0 bridgehead atoms. The maximum Gasteiger partial charge on any atom is 0.107 e. The summed E-state index contributed by atoms with van der Waals surface area (Å²) in [5.74, 6) is 0. The van der Waals surface area contributed by atoms with Crippen LogP contribution in [0.4, 0.5) is 0 Å². The maximum atomic E-state index is 6.46. The Balaban J connectivity index is 1.43. The molecule has 0 N–H and O–H groups in total. The van der Waals surface area contributed by atoms with Crippen molar-refractivity contribution < 1.29 is 14.2 Å². The lowest BCUT2D eigenvalue weighted by molar-refractivity contribution is -0.0369. The van der Waals surface area contributed by atoms with E-state index in [2.05, 4.69) is 48.5 Å². The molecule has 120 valence electrons. The third kappa shape index (κ3) is 4.20. The topological polar surface area (TPSA) is 34.3 Å². The Morgan fingerprint density at radius 1 is 0.739 bits per heavy atom. The van der Waals surface area contributed by atoms with Crippen molar-refractivity contribution in [1.29, 1.82) is 0 Å². The van der Waals surface area contributed by atoms with Crippen LogP contribution in [-0.4, -0.2) is 37.6 Å². The van der Waals surface area contributed by atoms with Crippen molar-refractivity contribution in [2.45, 2.75) is 37.3 Å². The van der Waals surface area contributed by atoms with E-state index in [1.54, 1.807) is 0 Å². The van der Waals surface area contributed by atoms with E-state index in [0.717, 1.165) is 26.1 Å². The van der Waals surface area contributed by atoms with Crippen LogP contribution in [0, 0.1) is 0 Å². The molecule has 2 aromatic rings. The second kappa shape index (κ2) is 6.83. The zero-order valence-corrected chi connectivity index (χ0v) is 13.1. The molecule has 2 aliphatic rings. The normalized spacial score (nSPS) is 24.9. The molecule has 4 atom stereocenters. The van der Waals surface area contributed by atoms with Crippen LogP contribution in [-0.2, 0) is 27.1 Å². The second-order valence-corrected chi connectivity index (χ2v) is 6.34. The van der Waals surface area contributed by atoms with Crippen molar-refractivity contribution in [2.75, 3.05) is 13.2 Å². The van der Waals surface area contributed by atoms with Gasteiger partial charge in [0.05, 0.1) is 25.4 Å². The van der Waals surface area contributed by atoms with Crippen LogP contribution in [0.5, 0.6) is 0 Å². The minimum absolute atomic E-state index is 0.107. The van der Waals surface area contributed by atoms with E-state index in [4.69, 9.17) is 14.2 Å². The number of ether oxygens (including phenoxy) is 3. The Kier molecular flexibility index (Phi) is 4.42. The SMILES string of the molecule is c1ccc(CC(OC(Cc2ccccc2)[C@H]2CO2)[C@H]2CO2)cc1. The molecule has 0 saturated carbocycles. The molecule has 23 heavy (non-hydrogen) atoms. The zero-order valence-electron chi connectivity index (χ0n) is 13.1. The molecule has 2 saturated heterocycles. The molecule has 4 rings (SSSR count). The van der Waals surface area contributed by atoms with Gasteiger partial charge in [-0.25, -0.2) is 0 Å². The van der Waals surface area contributed by atoms with Gasteiger partial charge in [0.1, 0.15) is 12.2 Å². The minimum Gasteiger partial charge on any atom is -0.370 e. The average Bonchev–Trinajstić information content (AvgIpc) is 3.49. The van der Waals surface area contributed by atoms with E-state index in [0.29, 0.717) is 0 Å². The highest BCUT2D eigenvalue weighted by atomic mass is 16.6. The molecule has 2 aliphatic heterocycles. The van der Waals surface area contributed by atoms with Crippen LogP contribution < -0.4 is 0 Å². The standard InChI is InChI=1S/C20H22O3/c1-3-7-15(8-4-1)11-17(19-13-21-19)23-18(20-14-22-20)12-16-9-5-2-6-10-16/h1-10,17-20H,11-14H2/t17?,18?,19-,20-/m1/s1. The lowest BCUT2D eigenvalue weighted by Gasteiger charge is -2.23. The second-order valence-electron chi connectivity index (χ2n) is 6.34. The predicted octanol–water partition coefficient (Wildman–Crippen LogP) is 3.02. The molecule has 0 radical (unpaired) electrons. The lowest BCUT2D eigenvalue weighted by Crippen LogP contribution is -2.33. The van der Waals surface area contributed by atoms with E-state index in [1.807, 2.05) is 12.1 Å². The molecule has 2 fully saturated rings. The molecule has 2 unspecified atom stereocenters. The molecule has 2 aromatic carbocycles. The molecular weight excluding hydrogens is 288 g/mol. The highest BCUT2D eigenvalue weighted by Gasteiger charge is 2.40. The minimum atomic E-state index is 0.107. The van der Waals surface area contributed by atoms with Crippen molar-refractivity contribution in [3.05, 3.63) is 71.8 Å². The Bertz CT molecular complexity index is 550. The fourth-order valence-electron chi connectivity index (χ4n) is 2.99. The van der Waals surface area contributed by atoms with Gasteiger partial charge in [-0.3, -0.25) is 0 Å². The first-order chi connectivity index (χ1) is 11.4. The van der Waals surface area contributed by atoms with E-state index >= 15 is 0 Å². The van der Waals surface area contributed by atoms with Gasteiger partial charge in [-0.05, 0) is 11.1 Å². The van der Waals surface area contributed by atoms with Gasteiger partial charge in [0, 0.05) is 12.8 Å². The molecule has 0 aromatic heterocycles. The summed E-state index contributed by atoms with van der Waals surface area (Å²) in [6, 6.07) is 21.0. The third-order valence-electron chi connectivity index (χ3n) is 4.46. The first kappa shape index (κ1) is 14.9. The van der Waals surface area contributed by atoms with Crippen molar-refractivity contribution in [2.24, 2.45) is 0 Å². The van der Waals surface area contributed by atoms with Crippen LogP contribution in [0.1, 0.15) is 11.1 Å². The van der Waals surface area contributed by atoms with Crippen LogP contribution >= 0.6 is 0 Å². The van der Waals surface area contributed by atoms with Crippen LogP contribution in [0.2, 0.25) is 0 Å². The van der Waals surface area contributed by atoms with Crippen LogP contribution in [0.15, 0.2) is 60.7 Å². The van der Waals surface area contributed by atoms with Gasteiger partial charge in [0.15, 0.2) is 0 Å². The summed E-state index contributed by atoms with van der Waals surface area (Å²) in [4.78, 5) is 0. The predicted molar refractivity (Wildman–Crippen MR) is 88.4 cm³/mol. The van der Waals surface area contributed by atoms with Crippen molar-refractivity contribution in [1.82, 2.24) is 0 Å². The third-order valence-corrected chi connectivity index (χ3v) is 4.46. The van der Waals surface area contributed by atoms with E-state index in [9.17, 15) is 0 Å². The van der Waals surface area contributed by atoms with E-state index in [-0.39, 0.29) is 24.4 Å². The van der Waals surface area contributed by atoms with Crippen LogP contribution in [0.3, 0.4) is 0 Å². The lowest BCUT2D eigenvalue weighted by atomic mass is 10.0.